The summed E-state index contributed by atoms with van der Waals surface area (Å²) < 4.78 is 20.7. The molecule has 0 aromatic heterocycles. The highest BCUT2D eigenvalue weighted by Gasteiger charge is 2.45. The van der Waals surface area contributed by atoms with Crippen LogP contribution in [-0.4, -0.2) is 56.1 Å². The van der Waals surface area contributed by atoms with Gasteiger partial charge in [-0.15, -0.1) is 0 Å². The number of carbonyl (C=O) groups is 3. The van der Waals surface area contributed by atoms with Crippen molar-refractivity contribution in [2.24, 2.45) is 0 Å². The highest BCUT2D eigenvalue weighted by atomic mass is 16.7. The normalized spacial score (nSPS) is 29.4. The van der Waals surface area contributed by atoms with Crippen LogP contribution in [0.25, 0.3) is 0 Å². The second-order valence-corrected chi connectivity index (χ2v) is 4.39. The molecule has 1 aliphatic rings. The van der Waals surface area contributed by atoms with Crippen LogP contribution in [0.1, 0.15) is 20.8 Å². The van der Waals surface area contributed by atoms with Crippen molar-refractivity contribution >= 4 is 17.8 Å². The van der Waals surface area contributed by atoms with Crippen LogP contribution < -0.4 is 5.32 Å². The highest BCUT2D eigenvalue weighted by molar-refractivity contribution is 5.73. The van der Waals surface area contributed by atoms with Crippen molar-refractivity contribution in [2.75, 3.05) is 13.7 Å². The number of carbonyl (C=O) groups excluding carboxylic acids is 3. The summed E-state index contributed by atoms with van der Waals surface area (Å²) in [4.78, 5) is 33.6. The van der Waals surface area contributed by atoms with Gasteiger partial charge >= 0.3 is 11.9 Å². The number of hydrogen-bond acceptors (Lipinski definition) is 7. The first kappa shape index (κ1) is 16.4. The maximum Gasteiger partial charge on any atom is 0.303 e. The molecule has 114 valence electrons. The summed E-state index contributed by atoms with van der Waals surface area (Å²) in [6, 6.07) is -0.618. The Kier molecular flexibility index (Phi) is 5.90. The van der Waals surface area contributed by atoms with Gasteiger partial charge < -0.3 is 24.3 Å². The van der Waals surface area contributed by atoms with E-state index in [1.54, 1.807) is 0 Å². The van der Waals surface area contributed by atoms with E-state index in [0.29, 0.717) is 0 Å². The molecule has 1 heterocycles. The number of rotatable bonds is 4. The van der Waals surface area contributed by atoms with Gasteiger partial charge in [-0.1, -0.05) is 0 Å². The molecular formula is C12H19NO7. The van der Waals surface area contributed by atoms with Crippen LogP contribution in [0.4, 0.5) is 0 Å². The summed E-state index contributed by atoms with van der Waals surface area (Å²) in [6.07, 6.45) is -2.70. The topological polar surface area (TPSA) is 100 Å². The van der Waals surface area contributed by atoms with Crippen LogP contribution in [0.15, 0.2) is 0 Å². The van der Waals surface area contributed by atoms with Crippen LogP contribution in [0.3, 0.4) is 0 Å². The fourth-order valence-corrected chi connectivity index (χ4v) is 2.01. The third-order valence-electron chi connectivity index (χ3n) is 2.65. The van der Waals surface area contributed by atoms with E-state index in [9.17, 15) is 14.4 Å². The second kappa shape index (κ2) is 7.20. The second-order valence-electron chi connectivity index (χ2n) is 4.39. The van der Waals surface area contributed by atoms with Gasteiger partial charge in [0.15, 0.2) is 18.5 Å². The zero-order valence-electron chi connectivity index (χ0n) is 11.9. The minimum absolute atomic E-state index is 0.0772. The minimum Gasteiger partial charge on any atom is -0.456 e. The molecule has 1 amide bonds. The number of ether oxygens (including phenoxy) is 4. The van der Waals surface area contributed by atoms with E-state index in [1.165, 1.54) is 27.9 Å². The third-order valence-corrected chi connectivity index (χ3v) is 2.65. The Morgan fingerprint density at radius 2 is 1.60 bits per heavy atom. The van der Waals surface area contributed by atoms with Crippen LogP contribution in [0.2, 0.25) is 0 Å². The summed E-state index contributed by atoms with van der Waals surface area (Å²) in [5.74, 6) is -1.44. The Labute approximate surface area is 116 Å². The molecule has 0 bridgehead atoms. The fourth-order valence-electron chi connectivity index (χ4n) is 2.01. The largest absolute Gasteiger partial charge is 0.456 e. The van der Waals surface area contributed by atoms with Gasteiger partial charge in [0.25, 0.3) is 0 Å². The Morgan fingerprint density at radius 3 is 2.05 bits per heavy atom. The highest BCUT2D eigenvalue weighted by Crippen LogP contribution is 2.22. The van der Waals surface area contributed by atoms with Crippen LogP contribution >= 0.6 is 0 Å². The smallest absolute Gasteiger partial charge is 0.303 e. The molecule has 4 atom stereocenters. The first-order valence-corrected chi connectivity index (χ1v) is 6.11. The lowest BCUT2D eigenvalue weighted by Crippen LogP contribution is -2.61. The molecular weight excluding hydrogens is 270 g/mol. The summed E-state index contributed by atoms with van der Waals surface area (Å²) >= 11 is 0. The fraction of sp³-hybridized carbons (Fsp3) is 0.750. The molecule has 0 aliphatic carbocycles. The van der Waals surface area contributed by atoms with E-state index >= 15 is 0 Å². The summed E-state index contributed by atoms with van der Waals surface area (Å²) in [7, 11) is 1.38. The Balaban J connectivity index is 2.95. The molecule has 0 aromatic rings. The molecule has 1 saturated heterocycles. The van der Waals surface area contributed by atoms with Crippen LogP contribution in [0, 0.1) is 0 Å². The lowest BCUT2D eigenvalue weighted by Gasteiger charge is -2.40. The average Bonchev–Trinajstić information content (AvgIpc) is 2.31. The van der Waals surface area contributed by atoms with Gasteiger partial charge in [0, 0.05) is 27.9 Å². The van der Waals surface area contributed by atoms with Crippen molar-refractivity contribution in [1.29, 1.82) is 0 Å². The number of amides is 1. The van der Waals surface area contributed by atoms with Gasteiger partial charge in [-0.3, -0.25) is 14.4 Å². The van der Waals surface area contributed by atoms with Gasteiger partial charge in [-0.25, -0.2) is 0 Å². The van der Waals surface area contributed by atoms with E-state index < -0.39 is 36.5 Å². The molecule has 1 N–H and O–H groups in total. The quantitative estimate of drug-likeness (QED) is 0.687. The van der Waals surface area contributed by atoms with Crippen molar-refractivity contribution < 1.29 is 33.3 Å². The van der Waals surface area contributed by atoms with E-state index in [4.69, 9.17) is 18.9 Å². The van der Waals surface area contributed by atoms with Crippen LogP contribution in [0.5, 0.6) is 0 Å². The molecule has 8 heteroatoms. The van der Waals surface area contributed by atoms with Gasteiger partial charge in [0.05, 0.1) is 12.6 Å². The predicted molar refractivity (Wildman–Crippen MR) is 65.5 cm³/mol. The first-order valence-electron chi connectivity index (χ1n) is 6.11. The summed E-state index contributed by atoms with van der Waals surface area (Å²) in [5.41, 5.74) is 0. The van der Waals surface area contributed by atoms with Gasteiger partial charge in [-0.05, 0) is 0 Å². The van der Waals surface area contributed by atoms with Crippen molar-refractivity contribution in [3.05, 3.63) is 0 Å². The average molecular weight is 289 g/mol. The molecule has 1 fully saturated rings. The number of methoxy groups -OCH3 is 1. The number of nitrogens with one attached hydrogen (secondary N) is 1. The van der Waals surface area contributed by atoms with E-state index in [2.05, 4.69) is 5.32 Å². The van der Waals surface area contributed by atoms with E-state index in [1.807, 2.05) is 0 Å². The maximum absolute atomic E-state index is 11.2. The van der Waals surface area contributed by atoms with Crippen molar-refractivity contribution in [3.63, 3.8) is 0 Å². The molecule has 0 aromatic carbocycles. The predicted octanol–water partition coefficient (Wildman–Crippen LogP) is -0.643. The minimum atomic E-state index is -0.952. The maximum atomic E-state index is 11.2. The molecule has 0 spiro atoms. The summed E-state index contributed by atoms with van der Waals surface area (Å²) in [6.45, 7) is 3.86. The molecule has 0 radical (unpaired) electrons. The molecule has 1 rings (SSSR count). The Bertz CT molecular complexity index is 384. The lowest BCUT2D eigenvalue weighted by atomic mass is 10.0. The summed E-state index contributed by atoms with van der Waals surface area (Å²) in [5, 5.41) is 2.60. The first-order chi connectivity index (χ1) is 9.35. The monoisotopic (exact) mass is 289 g/mol. The number of esters is 2. The molecule has 0 unspecified atom stereocenters. The Hall–Kier alpha value is -1.67. The molecule has 8 nitrogen and oxygen atoms in total. The third kappa shape index (κ3) is 4.46. The lowest BCUT2D eigenvalue weighted by molar-refractivity contribution is -0.254. The standard InChI is InChI=1S/C12H19NO7/c1-6(14)13-9-5-18-12(17-4)11(20-8(3)16)10(9)19-7(2)15/h9-12H,5H2,1-4H3,(H,13,14)/t9-,10-,11-,12-/m0/s1. The zero-order valence-corrected chi connectivity index (χ0v) is 11.9. The van der Waals surface area contributed by atoms with Gasteiger partial charge in [0.2, 0.25) is 5.91 Å². The van der Waals surface area contributed by atoms with E-state index in [0.717, 1.165) is 0 Å². The molecule has 20 heavy (non-hydrogen) atoms. The number of hydrogen-bond donors (Lipinski definition) is 1. The molecule has 0 saturated carbocycles. The van der Waals surface area contributed by atoms with Gasteiger partial charge in [0.1, 0.15) is 0 Å². The van der Waals surface area contributed by atoms with E-state index in [-0.39, 0.29) is 12.5 Å². The Morgan fingerprint density at radius 1 is 1.05 bits per heavy atom. The SMILES string of the molecule is CO[C@H]1OC[C@H](NC(C)=O)[C@H](OC(C)=O)[C@@H]1OC(C)=O. The van der Waals surface area contributed by atoms with Crippen molar-refractivity contribution in [2.45, 2.75) is 45.3 Å². The van der Waals surface area contributed by atoms with Crippen molar-refractivity contribution in [3.8, 4) is 0 Å². The zero-order chi connectivity index (χ0) is 15.3. The van der Waals surface area contributed by atoms with Crippen LogP contribution in [-0.2, 0) is 33.3 Å². The van der Waals surface area contributed by atoms with Gasteiger partial charge in [-0.2, -0.15) is 0 Å². The van der Waals surface area contributed by atoms with Crippen molar-refractivity contribution in [1.82, 2.24) is 5.32 Å². The molecule has 1 aliphatic heterocycles.